The summed E-state index contributed by atoms with van der Waals surface area (Å²) >= 11 is 0. The van der Waals surface area contributed by atoms with Gasteiger partial charge in [0.25, 0.3) is 5.91 Å². The quantitative estimate of drug-likeness (QED) is 0.351. The van der Waals surface area contributed by atoms with Crippen molar-refractivity contribution in [2.45, 2.75) is 58.4 Å². The highest BCUT2D eigenvalue weighted by Gasteiger charge is 2.56. The molecule has 2 heterocycles. The van der Waals surface area contributed by atoms with Crippen molar-refractivity contribution in [1.29, 1.82) is 0 Å². The molecule has 13 heteroatoms. The van der Waals surface area contributed by atoms with Crippen LogP contribution >= 0.6 is 0 Å². The molecule has 38 heavy (non-hydrogen) atoms. The first-order valence-corrected chi connectivity index (χ1v) is 12.0. The van der Waals surface area contributed by atoms with Gasteiger partial charge in [-0.05, 0) is 12.1 Å². The number of anilines is 1. The first-order valence-electron chi connectivity index (χ1n) is 12.0. The highest BCUT2D eigenvalue weighted by atomic mass is 16.7. The van der Waals surface area contributed by atoms with E-state index in [0.717, 1.165) is 33.4 Å². The average molecular weight is 537 g/mol. The van der Waals surface area contributed by atoms with Crippen LogP contribution < -0.4 is 9.64 Å². The fourth-order valence-electron chi connectivity index (χ4n) is 4.40. The second kappa shape index (κ2) is 12.6. The van der Waals surface area contributed by atoms with E-state index in [-0.39, 0.29) is 0 Å². The molecule has 13 nitrogen and oxygen atoms in total. The number of hydrogen-bond acceptors (Lipinski definition) is 12. The minimum atomic E-state index is -1.60. The molecule has 0 aromatic heterocycles. The van der Waals surface area contributed by atoms with Gasteiger partial charge in [0, 0.05) is 65.6 Å². The summed E-state index contributed by atoms with van der Waals surface area (Å²) in [5.74, 6) is -3.05. The van der Waals surface area contributed by atoms with Gasteiger partial charge in [-0.3, -0.25) is 24.0 Å². The van der Waals surface area contributed by atoms with Crippen molar-refractivity contribution in [2.75, 3.05) is 38.2 Å². The predicted octanol–water partition coefficient (Wildman–Crippen LogP) is 0.427. The highest BCUT2D eigenvalue weighted by Crippen LogP contribution is 2.31. The number of nitrogens with zero attached hydrogens (tertiary/aromatic N) is 2. The van der Waals surface area contributed by atoms with Crippen LogP contribution in [0.5, 0.6) is 5.75 Å². The van der Waals surface area contributed by atoms with Gasteiger partial charge in [0.2, 0.25) is 12.4 Å². The molecule has 2 fully saturated rings. The van der Waals surface area contributed by atoms with E-state index in [1.54, 1.807) is 7.11 Å². The number of esters is 4. The molecule has 1 amide bonds. The summed E-state index contributed by atoms with van der Waals surface area (Å²) in [7, 11) is 1.58. The lowest BCUT2D eigenvalue weighted by atomic mass is 9.96. The molecule has 2 saturated heterocycles. The van der Waals surface area contributed by atoms with Crippen LogP contribution in [0.25, 0.3) is 0 Å². The molecule has 2 aliphatic heterocycles. The normalized spacial score (nSPS) is 25.1. The Morgan fingerprint density at radius 2 is 1.32 bits per heavy atom. The molecule has 0 N–H and O–H groups in total. The standard InChI is InChI=1S/C25H32N2O11/c1-14(28)34-20-21(35-15(2)29)23(36-16(3)30)25(37-17(4)31)38-22(20)24(32)27-11-9-26(10-12-27)18-7-6-8-19(13-18)33-5/h6-8,13,20-23,25H,9-12H2,1-5H3/t20-,21-,22-,23+,25+/m0/s1. The molecule has 0 unspecified atom stereocenters. The van der Waals surface area contributed by atoms with E-state index in [1.165, 1.54) is 4.90 Å². The van der Waals surface area contributed by atoms with E-state index in [4.69, 9.17) is 28.4 Å². The molecule has 0 saturated carbocycles. The van der Waals surface area contributed by atoms with Gasteiger partial charge in [0.1, 0.15) is 5.75 Å². The zero-order valence-corrected chi connectivity index (χ0v) is 21.9. The molecule has 208 valence electrons. The lowest BCUT2D eigenvalue weighted by Crippen LogP contribution is -2.66. The molecule has 1 aromatic carbocycles. The summed E-state index contributed by atoms with van der Waals surface area (Å²) in [6, 6.07) is 7.53. The molecule has 2 aliphatic rings. The molecule has 0 spiro atoms. The Hall–Kier alpha value is -3.87. The molecule has 0 radical (unpaired) electrons. The average Bonchev–Trinajstić information content (AvgIpc) is 2.86. The zero-order chi connectivity index (χ0) is 28.0. The van der Waals surface area contributed by atoms with Crippen molar-refractivity contribution in [1.82, 2.24) is 4.90 Å². The number of piperazine rings is 1. The smallest absolute Gasteiger partial charge is 0.305 e. The van der Waals surface area contributed by atoms with E-state index in [0.29, 0.717) is 31.9 Å². The summed E-state index contributed by atoms with van der Waals surface area (Å²) < 4.78 is 32.2. The van der Waals surface area contributed by atoms with Crippen molar-refractivity contribution in [3.05, 3.63) is 24.3 Å². The minimum Gasteiger partial charge on any atom is -0.497 e. The Labute approximate surface area is 219 Å². The van der Waals surface area contributed by atoms with Crippen molar-refractivity contribution >= 4 is 35.5 Å². The maximum atomic E-state index is 13.7. The van der Waals surface area contributed by atoms with E-state index >= 15 is 0 Å². The topological polar surface area (TPSA) is 147 Å². The van der Waals surface area contributed by atoms with Gasteiger partial charge in [0.15, 0.2) is 18.3 Å². The fourth-order valence-corrected chi connectivity index (χ4v) is 4.40. The van der Waals surface area contributed by atoms with Crippen molar-refractivity contribution < 1.29 is 52.4 Å². The lowest BCUT2D eigenvalue weighted by molar-refractivity contribution is -0.292. The van der Waals surface area contributed by atoms with Gasteiger partial charge >= 0.3 is 23.9 Å². The van der Waals surface area contributed by atoms with Crippen LogP contribution in [0.15, 0.2) is 24.3 Å². The third-order valence-electron chi connectivity index (χ3n) is 5.94. The largest absolute Gasteiger partial charge is 0.497 e. The Bertz CT molecular complexity index is 1050. The summed E-state index contributed by atoms with van der Waals surface area (Å²) in [6.07, 6.45) is -7.55. The van der Waals surface area contributed by atoms with E-state index in [9.17, 15) is 24.0 Å². The van der Waals surface area contributed by atoms with Gasteiger partial charge in [-0.1, -0.05) is 6.07 Å². The Kier molecular flexibility index (Phi) is 9.50. The van der Waals surface area contributed by atoms with Crippen LogP contribution in [0.3, 0.4) is 0 Å². The number of benzene rings is 1. The number of ether oxygens (including phenoxy) is 6. The van der Waals surface area contributed by atoms with Crippen LogP contribution in [0.1, 0.15) is 27.7 Å². The third kappa shape index (κ3) is 7.12. The maximum absolute atomic E-state index is 13.7. The summed E-state index contributed by atoms with van der Waals surface area (Å²) in [5.41, 5.74) is 0.928. The van der Waals surface area contributed by atoms with Crippen LogP contribution in [-0.4, -0.2) is 98.7 Å². The van der Waals surface area contributed by atoms with Gasteiger partial charge in [-0.25, -0.2) is 0 Å². The van der Waals surface area contributed by atoms with E-state index < -0.39 is 60.5 Å². The molecule has 0 aliphatic carbocycles. The van der Waals surface area contributed by atoms with Crippen LogP contribution in [-0.2, 0) is 47.7 Å². The Balaban J connectivity index is 1.86. The minimum absolute atomic E-state index is 0.298. The summed E-state index contributed by atoms with van der Waals surface area (Å²) in [5, 5.41) is 0. The molecule has 5 atom stereocenters. The van der Waals surface area contributed by atoms with Crippen LogP contribution in [0, 0.1) is 0 Å². The number of rotatable bonds is 7. The Morgan fingerprint density at radius 1 is 0.763 bits per heavy atom. The van der Waals surface area contributed by atoms with Gasteiger partial charge in [-0.15, -0.1) is 0 Å². The number of carbonyl (C=O) groups is 5. The van der Waals surface area contributed by atoms with E-state index in [2.05, 4.69) is 4.90 Å². The second-order valence-electron chi connectivity index (χ2n) is 8.77. The number of hydrogen-bond donors (Lipinski definition) is 0. The van der Waals surface area contributed by atoms with Gasteiger partial charge < -0.3 is 38.2 Å². The molecule has 0 bridgehead atoms. The predicted molar refractivity (Wildman–Crippen MR) is 129 cm³/mol. The first-order chi connectivity index (χ1) is 18.0. The Morgan fingerprint density at radius 3 is 1.87 bits per heavy atom. The number of methoxy groups -OCH3 is 1. The zero-order valence-electron chi connectivity index (χ0n) is 21.9. The second-order valence-corrected chi connectivity index (χ2v) is 8.77. The third-order valence-corrected chi connectivity index (χ3v) is 5.94. The number of amides is 1. The molecule has 1 aromatic rings. The summed E-state index contributed by atoms with van der Waals surface area (Å²) in [6.45, 7) is 5.97. The summed E-state index contributed by atoms with van der Waals surface area (Å²) in [4.78, 5) is 64.7. The fraction of sp³-hybridized carbons (Fsp3) is 0.560. The van der Waals surface area contributed by atoms with Crippen molar-refractivity contribution in [2.24, 2.45) is 0 Å². The first kappa shape index (κ1) is 28.7. The van der Waals surface area contributed by atoms with E-state index in [1.807, 2.05) is 24.3 Å². The SMILES string of the molecule is COc1cccc(N2CCN(C(=O)[C@H]3O[C@@H](OC(C)=O)[C@H](OC(C)=O)[C@@H](OC(C)=O)[C@@H]3OC(C)=O)CC2)c1. The van der Waals surface area contributed by atoms with Gasteiger partial charge in [0.05, 0.1) is 7.11 Å². The highest BCUT2D eigenvalue weighted by molar-refractivity contribution is 5.83. The monoisotopic (exact) mass is 536 g/mol. The number of carbonyl (C=O) groups excluding carboxylic acids is 5. The van der Waals surface area contributed by atoms with Gasteiger partial charge in [-0.2, -0.15) is 0 Å². The van der Waals surface area contributed by atoms with Crippen LogP contribution in [0.4, 0.5) is 5.69 Å². The molecular weight excluding hydrogens is 504 g/mol. The van der Waals surface area contributed by atoms with Crippen molar-refractivity contribution in [3.63, 3.8) is 0 Å². The lowest BCUT2D eigenvalue weighted by Gasteiger charge is -2.45. The molecule has 3 rings (SSSR count). The van der Waals surface area contributed by atoms with Crippen molar-refractivity contribution in [3.8, 4) is 5.75 Å². The molecular formula is C25H32N2O11. The van der Waals surface area contributed by atoms with Crippen LogP contribution in [0.2, 0.25) is 0 Å². The maximum Gasteiger partial charge on any atom is 0.305 e.